The highest BCUT2D eigenvalue weighted by Crippen LogP contribution is 2.37. The number of esters is 1. The van der Waals surface area contributed by atoms with Gasteiger partial charge in [0.15, 0.2) is 0 Å². The number of fused-ring (bicyclic) bond motifs is 1. The molecule has 1 aromatic heterocycles. The first-order valence-electron chi connectivity index (χ1n) is 11.1. The summed E-state index contributed by atoms with van der Waals surface area (Å²) >= 11 is 1.55. The Morgan fingerprint density at radius 3 is 2.62 bits per heavy atom. The molecule has 8 heteroatoms. The Morgan fingerprint density at radius 1 is 1.21 bits per heavy atom. The summed E-state index contributed by atoms with van der Waals surface area (Å²) < 4.78 is 13.0. The fourth-order valence-electron chi connectivity index (χ4n) is 3.70. The number of nitrogens with one attached hydrogen (secondary N) is 1. The zero-order chi connectivity index (χ0) is 24.1. The highest BCUT2D eigenvalue weighted by molar-refractivity contribution is 7.98. The molecule has 0 amide bonds. The summed E-state index contributed by atoms with van der Waals surface area (Å²) in [4.78, 5) is 17.7. The Morgan fingerprint density at radius 2 is 1.94 bits per heavy atom. The van der Waals surface area contributed by atoms with Crippen LogP contribution in [0.15, 0.2) is 83.7 Å². The molecule has 176 valence electrons. The number of ether oxygens (including phenoxy) is 2. The second-order valence-corrected chi connectivity index (χ2v) is 9.07. The summed E-state index contributed by atoms with van der Waals surface area (Å²) in [5.74, 6) is 1.68. The molecule has 34 heavy (non-hydrogen) atoms. The van der Waals surface area contributed by atoms with Gasteiger partial charge in [0, 0.05) is 11.4 Å². The predicted octanol–water partition coefficient (Wildman–Crippen LogP) is 5.38. The van der Waals surface area contributed by atoms with Gasteiger partial charge in [-0.05, 0) is 44.0 Å². The fourth-order valence-corrected chi connectivity index (χ4v) is 4.49. The van der Waals surface area contributed by atoms with E-state index in [1.807, 2.05) is 63.2 Å². The fraction of sp³-hybridized carbons (Fsp3) is 0.269. The predicted molar refractivity (Wildman–Crippen MR) is 134 cm³/mol. The van der Waals surface area contributed by atoms with Gasteiger partial charge in [-0.1, -0.05) is 66.9 Å². The van der Waals surface area contributed by atoms with Crippen LogP contribution >= 0.6 is 11.8 Å². The van der Waals surface area contributed by atoms with Gasteiger partial charge in [-0.15, -0.1) is 5.10 Å². The van der Waals surface area contributed by atoms with Crippen LogP contribution in [0.3, 0.4) is 0 Å². The van der Waals surface area contributed by atoms with Gasteiger partial charge >= 0.3 is 5.97 Å². The van der Waals surface area contributed by atoms with Crippen LogP contribution in [0.5, 0.6) is 5.75 Å². The topological polar surface area (TPSA) is 78.3 Å². The van der Waals surface area contributed by atoms with E-state index in [1.54, 1.807) is 22.5 Å². The molecule has 0 fully saturated rings. The van der Waals surface area contributed by atoms with Crippen LogP contribution in [0.2, 0.25) is 0 Å². The Balaban J connectivity index is 1.68. The number of hydrogen-bond donors (Lipinski definition) is 1. The Kier molecular flexibility index (Phi) is 7.37. The number of carbonyl (C=O) groups is 1. The zero-order valence-corrected chi connectivity index (χ0v) is 20.3. The molecule has 1 aliphatic rings. The number of aromatic nitrogens is 3. The van der Waals surface area contributed by atoms with Crippen molar-refractivity contribution >= 4 is 23.7 Å². The Bertz CT molecular complexity index is 1190. The molecule has 0 aliphatic carbocycles. The first kappa shape index (κ1) is 23.6. The third-order valence-corrected chi connectivity index (χ3v) is 6.07. The van der Waals surface area contributed by atoms with E-state index in [0.29, 0.717) is 22.4 Å². The van der Waals surface area contributed by atoms with E-state index in [1.165, 1.54) is 5.56 Å². The lowest BCUT2D eigenvalue weighted by molar-refractivity contribution is -0.138. The lowest BCUT2D eigenvalue weighted by Crippen LogP contribution is -2.29. The second-order valence-electron chi connectivity index (χ2n) is 8.13. The summed E-state index contributed by atoms with van der Waals surface area (Å²) in [7, 11) is 0. The quantitative estimate of drug-likeness (QED) is 0.252. The van der Waals surface area contributed by atoms with Crippen molar-refractivity contribution in [2.24, 2.45) is 0 Å². The first-order valence-corrected chi connectivity index (χ1v) is 12.1. The third kappa shape index (κ3) is 5.34. The molecule has 3 aromatic rings. The first-order chi connectivity index (χ1) is 16.5. The van der Waals surface area contributed by atoms with Crippen LogP contribution in [0.1, 0.15) is 37.9 Å². The van der Waals surface area contributed by atoms with Crippen molar-refractivity contribution in [1.29, 1.82) is 0 Å². The average molecular weight is 477 g/mol. The maximum absolute atomic E-state index is 13.0. The molecule has 1 N–H and O–H groups in total. The van der Waals surface area contributed by atoms with Gasteiger partial charge in [0.25, 0.3) is 0 Å². The SMILES string of the molecule is C=CCOC(=O)C1=C(C)Nc2nc(SCc3ccccc3)nn2C1c1ccc(OC(C)C)cc1. The van der Waals surface area contributed by atoms with E-state index in [2.05, 4.69) is 29.0 Å². The number of benzene rings is 2. The van der Waals surface area contributed by atoms with Crippen molar-refractivity contribution in [2.75, 3.05) is 11.9 Å². The van der Waals surface area contributed by atoms with Gasteiger partial charge < -0.3 is 14.8 Å². The highest BCUT2D eigenvalue weighted by Gasteiger charge is 2.35. The molecule has 0 radical (unpaired) electrons. The van der Waals surface area contributed by atoms with Crippen LogP contribution in [-0.2, 0) is 15.3 Å². The maximum atomic E-state index is 13.0. The summed E-state index contributed by atoms with van der Waals surface area (Å²) in [5.41, 5.74) is 3.24. The van der Waals surface area contributed by atoms with E-state index in [-0.39, 0.29) is 12.7 Å². The van der Waals surface area contributed by atoms with Crippen LogP contribution in [-0.4, -0.2) is 33.4 Å². The summed E-state index contributed by atoms with van der Waals surface area (Å²) in [5, 5.41) is 8.61. The summed E-state index contributed by atoms with van der Waals surface area (Å²) in [6, 6.07) is 17.4. The van der Waals surface area contributed by atoms with E-state index in [9.17, 15) is 4.79 Å². The van der Waals surface area contributed by atoms with Gasteiger partial charge in [-0.25, -0.2) is 9.48 Å². The van der Waals surface area contributed by atoms with Crippen molar-refractivity contribution < 1.29 is 14.3 Å². The van der Waals surface area contributed by atoms with Crippen LogP contribution in [0, 0.1) is 0 Å². The largest absolute Gasteiger partial charge is 0.491 e. The molecule has 1 aliphatic heterocycles. The van der Waals surface area contributed by atoms with E-state index >= 15 is 0 Å². The van der Waals surface area contributed by atoms with Crippen molar-refractivity contribution in [3.05, 3.63) is 89.6 Å². The number of allylic oxidation sites excluding steroid dienone is 1. The standard InChI is InChI=1S/C26H28N4O3S/c1-5-15-32-24(31)22-18(4)27-25-28-26(34-16-19-9-7-6-8-10-19)29-30(25)23(22)20-11-13-21(14-12-20)33-17(2)3/h5-14,17,23H,1,15-16H2,2-4H3,(H,27,28,29). The molecule has 1 unspecified atom stereocenters. The molecular weight excluding hydrogens is 448 g/mol. The van der Waals surface area contributed by atoms with Gasteiger partial charge in [-0.3, -0.25) is 0 Å². The minimum absolute atomic E-state index is 0.0717. The molecular formula is C26H28N4O3S. The molecule has 0 spiro atoms. The molecule has 0 saturated heterocycles. The third-order valence-electron chi connectivity index (χ3n) is 5.16. The molecule has 2 heterocycles. The second kappa shape index (κ2) is 10.6. The smallest absolute Gasteiger partial charge is 0.338 e. The molecule has 0 saturated carbocycles. The molecule has 1 atom stereocenters. The summed E-state index contributed by atoms with van der Waals surface area (Å²) in [6.45, 7) is 9.59. The average Bonchev–Trinajstić information content (AvgIpc) is 3.23. The Labute approximate surface area is 203 Å². The van der Waals surface area contributed by atoms with Gasteiger partial charge in [0.05, 0.1) is 11.7 Å². The van der Waals surface area contributed by atoms with Crippen molar-refractivity contribution in [3.63, 3.8) is 0 Å². The van der Waals surface area contributed by atoms with Gasteiger partial charge in [0.2, 0.25) is 11.1 Å². The summed E-state index contributed by atoms with van der Waals surface area (Å²) in [6.07, 6.45) is 1.62. The monoisotopic (exact) mass is 476 g/mol. The minimum Gasteiger partial charge on any atom is -0.491 e. The molecule has 0 bridgehead atoms. The maximum Gasteiger partial charge on any atom is 0.338 e. The number of anilines is 1. The number of carbonyl (C=O) groups excluding carboxylic acids is 1. The van der Waals surface area contributed by atoms with Crippen LogP contribution < -0.4 is 10.1 Å². The van der Waals surface area contributed by atoms with E-state index in [0.717, 1.165) is 17.1 Å². The number of nitrogens with zero attached hydrogens (tertiary/aromatic N) is 3. The normalized spacial score (nSPS) is 15.0. The zero-order valence-electron chi connectivity index (χ0n) is 19.5. The molecule has 7 nitrogen and oxygen atoms in total. The molecule has 2 aromatic carbocycles. The highest BCUT2D eigenvalue weighted by atomic mass is 32.2. The van der Waals surface area contributed by atoms with Gasteiger partial charge in [-0.2, -0.15) is 4.98 Å². The number of hydrogen-bond acceptors (Lipinski definition) is 7. The lowest BCUT2D eigenvalue weighted by Gasteiger charge is -2.28. The van der Waals surface area contributed by atoms with E-state index in [4.69, 9.17) is 14.6 Å². The van der Waals surface area contributed by atoms with Crippen molar-refractivity contribution in [1.82, 2.24) is 14.8 Å². The van der Waals surface area contributed by atoms with Crippen molar-refractivity contribution in [3.8, 4) is 5.75 Å². The number of rotatable bonds is 9. The number of thioether (sulfide) groups is 1. The van der Waals surface area contributed by atoms with Gasteiger partial charge in [0.1, 0.15) is 18.4 Å². The van der Waals surface area contributed by atoms with Crippen LogP contribution in [0.25, 0.3) is 0 Å². The van der Waals surface area contributed by atoms with E-state index < -0.39 is 12.0 Å². The minimum atomic E-state index is -0.486. The molecule has 4 rings (SSSR count). The van der Waals surface area contributed by atoms with Crippen LogP contribution in [0.4, 0.5) is 5.95 Å². The Hall–Kier alpha value is -3.52. The van der Waals surface area contributed by atoms with Crippen molar-refractivity contribution in [2.45, 2.75) is 43.8 Å². The lowest BCUT2D eigenvalue weighted by atomic mass is 9.96.